The van der Waals surface area contributed by atoms with Gasteiger partial charge in [0.15, 0.2) is 0 Å². The van der Waals surface area contributed by atoms with E-state index in [1.54, 1.807) is 4.90 Å². The van der Waals surface area contributed by atoms with Gasteiger partial charge >= 0.3 is 5.69 Å². The van der Waals surface area contributed by atoms with E-state index < -0.39 is 11.2 Å². The molecule has 1 aliphatic heterocycles. The molecule has 1 saturated heterocycles. The Morgan fingerprint density at radius 2 is 1.85 bits per heavy atom. The fourth-order valence-corrected chi connectivity index (χ4v) is 3.33. The molecule has 7 heteroatoms. The second kappa shape index (κ2) is 7.82. The summed E-state index contributed by atoms with van der Waals surface area (Å²) in [6.45, 7) is 3.72. The predicted octanol–water partition coefficient (Wildman–Crippen LogP) is 1.32. The van der Waals surface area contributed by atoms with Gasteiger partial charge in [0.25, 0.3) is 11.5 Å². The van der Waals surface area contributed by atoms with E-state index in [9.17, 15) is 14.4 Å². The van der Waals surface area contributed by atoms with Crippen molar-refractivity contribution >= 4 is 5.91 Å². The second-order valence-corrected chi connectivity index (χ2v) is 7.15. The van der Waals surface area contributed by atoms with Crippen molar-refractivity contribution in [3.8, 4) is 5.75 Å². The van der Waals surface area contributed by atoms with Gasteiger partial charge in [-0.05, 0) is 31.9 Å². The number of nitrogens with zero attached hydrogens (tertiary/aromatic N) is 3. The Morgan fingerprint density at radius 3 is 2.56 bits per heavy atom. The van der Waals surface area contributed by atoms with Gasteiger partial charge in [0.05, 0.1) is 6.61 Å². The minimum Gasteiger partial charge on any atom is -0.493 e. The lowest BCUT2D eigenvalue weighted by molar-refractivity contribution is 0.0621. The van der Waals surface area contributed by atoms with E-state index >= 15 is 0 Å². The van der Waals surface area contributed by atoms with Crippen LogP contribution in [0.1, 0.15) is 28.9 Å². The lowest BCUT2D eigenvalue weighted by atomic mass is 9.98. The van der Waals surface area contributed by atoms with E-state index in [-0.39, 0.29) is 17.5 Å². The normalized spacial score (nSPS) is 17.0. The molecule has 0 radical (unpaired) electrons. The van der Waals surface area contributed by atoms with Crippen molar-refractivity contribution in [1.82, 2.24) is 14.0 Å². The van der Waals surface area contributed by atoms with Crippen LogP contribution in [0.5, 0.6) is 5.75 Å². The quantitative estimate of drug-likeness (QED) is 0.813. The van der Waals surface area contributed by atoms with E-state index in [1.807, 2.05) is 31.2 Å². The SMILES string of the molecule is Cc1ccc(OCC2CCCN(C(=O)c3cc(=O)n(C)c(=O)n3C)C2)cc1. The molecule has 0 saturated carbocycles. The number of carbonyl (C=O) groups is 1. The lowest BCUT2D eigenvalue weighted by Gasteiger charge is -2.33. The number of amides is 1. The molecule has 0 spiro atoms. The molecule has 0 bridgehead atoms. The summed E-state index contributed by atoms with van der Waals surface area (Å²) in [6.07, 6.45) is 1.84. The number of hydrogen-bond acceptors (Lipinski definition) is 4. The minimum absolute atomic E-state index is 0.128. The number of ether oxygens (including phenoxy) is 1. The maximum Gasteiger partial charge on any atom is 0.331 e. The number of aromatic nitrogens is 2. The molecule has 2 heterocycles. The number of rotatable bonds is 4. The van der Waals surface area contributed by atoms with Gasteiger partial charge in [-0.15, -0.1) is 0 Å². The lowest BCUT2D eigenvalue weighted by Crippen LogP contribution is -2.45. The van der Waals surface area contributed by atoms with E-state index in [2.05, 4.69) is 0 Å². The van der Waals surface area contributed by atoms with Crippen LogP contribution in [0.4, 0.5) is 0 Å². The number of aryl methyl sites for hydroxylation is 1. The van der Waals surface area contributed by atoms with Crippen molar-refractivity contribution < 1.29 is 9.53 Å². The van der Waals surface area contributed by atoms with Crippen LogP contribution in [-0.4, -0.2) is 39.6 Å². The zero-order chi connectivity index (χ0) is 19.6. The van der Waals surface area contributed by atoms with Crippen molar-refractivity contribution in [2.24, 2.45) is 20.0 Å². The molecule has 2 aromatic rings. The third-order valence-electron chi connectivity index (χ3n) is 5.06. The summed E-state index contributed by atoms with van der Waals surface area (Å²) in [5, 5.41) is 0. The Morgan fingerprint density at radius 1 is 1.15 bits per heavy atom. The molecule has 0 N–H and O–H groups in total. The van der Waals surface area contributed by atoms with Gasteiger partial charge < -0.3 is 9.64 Å². The molecular formula is C20H25N3O4. The first-order valence-corrected chi connectivity index (χ1v) is 9.12. The van der Waals surface area contributed by atoms with Crippen LogP contribution < -0.4 is 16.0 Å². The molecule has 1 amide bonds. The highest BCUT2D eigenvalue weighted by Crippen LogP contribution is 2.20. The first-order valence-electron chi connectivity index (χ1n) is 9.12. The van der Waals surface area contributed by atoms with Crippen molar-refractivity contribution in [2.45, 2.75) is 19.8 Å². The highest BCUT2D eigenvalue weighted by atomic mass is 16.5. The maximum atomic E-state index is 12.9. The Bertz CT molecular complexity index is 943. The Labute approximate surface area is 157 Å². The van der Waals surface area contributed by atoms with Crippen LogP contribution in [0, 0.1) is 12.8 Å². The topological polar surface area (TPSA) is 73.5 Å². The van der Waals surface area contributed by atoms with Gasteiger partial charge in [-0.2, -0.15) is 0 Å². The molecule has 0 aliphatic carbocycles. The monoisotopic (exact) mass is 371 g/mol. The second-order valence-electron chi connectivity index (χ2n) is 7.15. The molecule has 1 atom stereocenters. The summed E-state index contributed by atoms with van der Waals surface area (Å²) in [5.41, 5.74) is 0.333. The highest BCUT2D eigenvalue weighted by molar-refractivity contribution is 5.92. The van der Waals surface area contributed by atoms with Gasteiger partial charge in [-0.1, -0.05) is 17.7 Å². The number of likely N-dealkylation sites (tertiary alicyclic amines) is 1. The summed E-state index contributed by atoms with van der Waals surface area (Å²) in [4.78, 5) is 38.6. The maximum absolute atomic E-state index is 12.9. The molecule has 1 aromatic heterocycles. The van der Waals surface area contributed by atoms with Crippen LogP contribution in [0.15, 0.2) is 39.9 Å². The van der Waals surface area contributed by atoms with Crippen LogP contribution in [0.25, 0.3) is 0 Å². The molecule has 1 fully saturated rings. The van der Waals surface area contributed by atoms with Crippen LogP contribution in [0.2, 0.25) is 0 Å². The molecule has 27 heavy (non-hydrogen) atoms. The van der Waals surface area contributed by atoms with Crippen molar-refractivity contribution in [3.63, 3.8) is 0 Å². The van der Waals surface area contributed by atoms with Crippen LogP contribution in [0.3, 0.4) is 0 Å². The Hall–Kier alpha value is -2.83. The average Bonchev–Trinajstić information content (AvgIpc) is 2.68. The van der Waals surface area contributed by atoms with Gasteiger partial charge in [0.1, 0.15) is 11.4 Å². The van der Waals surface area contributed by atoms with E-state index in [4.69, 9.17) is 4.74 Å². The minimum atomic E-state index is -0.498. The van der Waals surface area contributed by atoms with Crippen LogP contribution >= 0.6 is 0 Å². The molecule has 3 rings (SSSR count). The van der Waals surface area contributed by atoms with Crippen LogP contribution in [-0.2, 0) is 14.1 Å². The summed E-state index contributed by atoms with van der Waals surface area (Å²) in [7, 11) is 2.91. The molecule has 1 aromatic carbocycles. The summed E-state index contributed by atoms with van der Waals surface area (Å²) in [5.74, 6) is 0.748. The van der Waals surface area contributed by atoms with Gasteiger partial charge in [0, 0.05) is 39.2 Å². The van der Waals surface area contributed by atoms with Gasteiger partial charge in [0.2, 0.25) is 0 Å². The molecule has 7 nitrogen and oxygen atoms in total. The van der Waals surface area contributed by atoms with Crippen molar-refractivity contribution in [1.29, 1.82) is 0 Å². The Kier molecular flexibility index (Phi) is 5.48. The summed E-state index contributed by atoms with van der Waals surface area (Å²) >= 11 is 0. The largest absolute Gasteiger partial charge is 0.493 e. The molecule has 1 unspecified atom stereocenters. The number of hydrogen-bond donors (Lipinski definition) is 0. The zero-order valence-electron chi connectivity index (χ0n) is 16.0. The van der Waals surface area contributed by atoms with E-state index in [1.165, 1.54) is 30.3 Å². The third-order valence-corrected chi connectivity index (χ3v) is 5.06. The standard InChI is InChI=1S/C20H25N3O4/c1-14-6-8-16(9-7-14)27-13-15-5-4-10-23(12-15)19(25)17-11-18(24)22(3)20(26)21(17)2/h6-9,11,15H,4-5,10,12-13H2,1-3H3. The number of benzene rings is 1. The first kappa shape index (κ1) is 18.9. The first-order chi connectivity index (χ1) is 12.9. The summed E-state index contributed by atoms with van der Waals surface area (Å²) < 4.78 is 8.09. The molecule has 1 aliphatic rings. The predicted molar refractivity (Wildman–Crippen MR) is 102 cm³/mol. The van der Waals surface area contributed by atoms with Crippen molar-refractivity contribution in [3.05, 3.63) is 62.4 Å². The Balaban J connectivity index is 1.69. The third kappa shape index (κ3) is 4.13. The van der Waals surface area contributed by atoms with E-state index in [0.717, 1.165) is 23.2 Å². The number of piperidine rings is 1. The fourth-order valence-electron chi connectivity index (χ4n) is 3.33. The zero-order valence-corrected chi connectivity index (χ0v) is 16.0. The highest BCUT2D eigenvalue weighted by Gasteiger charge is 2.27. The molecule has 144 valence electrons. The molecular weight excluding hydrogens is 346 g/mol. The van der Waals surface area contributed by atoms with Gasteiger partial charge in [-0.25, -0.2) is 4.79 Å². The number of carbonyl (C=O) groups excluding carboxylic acids is 1. The van der Waals surface area contributed by atoms with Crippen molar-refractivity contribution in [2.75, 3.05) is 19.7 Å². The van der Waals surface area contributed by atoms with Gasteiger partial charge in [-0.3, -0.25) is 18.7 Å². The smallest absolute Gasteiger partial charge is 0.331 e. The van der Waals surface area contributed by atoms with E-state index in [0.29, 0.717) is 19.7 Å². The summed E-state index contributed by atoms with van der Waals surface area (Å²) in [6, 6.07) is 9.12. The average molecular weight is 371 g/mol. The fraction of sp³-hybridized carbons (Fsp3) is 0.450.